The Morgan fingerprint density at radius 3 is 2.80 bits per heavy atom. The molecule has 0 aromatic heterocycles. The Morgan fingerprint density at radius 2 is 2.05 bits per heavy atom. The lowest BCUT2D eigenvalue weighted by Crippen LogP contribution is -2.32. The number of carbonyl (C=O) groups excluding carboxylic acids is 1. The molecule has 108 valence electrons. The molecule has 0 bridgehead atoms. The van der Waals surface area contributed by atoms with Gasteiger partial charge in [-0.05, 0) is 49.8 Å². The second-order valence-electron chi connectivity index (χ2n) is 5.79. The predicted molar refractivity (Wildman–Crippen MR) is 72.3 cm³/mol. The first-order valence-corrected chi connectivity index (χ1v) is 7.09. The smallest absolute Gasteiger partial charge is 0.238 e. The Morgan fingerprint density at radius 1 is 1.25 bits per heavy atom. The number of nitrogens with zero attached hydrogens (tertiary/aromatic N) is 1. The minimum Gasteiger partial charge on any atom is -0.322 e. The topological polar surface area (TPSA) is 32.3 Å². The molecule has 1 heterocycles. The molecule has 1 aliphatic carbocycles. The molecule has 1 aliphatic heterocycles. The highest BCUT2D eigenvalue weighted by molar-refractivity contribution is 5.92. The molecule has 2 fully saturated rings. The number of rotatable bonds is 4. The van der Waals surface area contributed by atoms with Crippen LogP contribution in [0.2, 0.25) is 0 Å². The SMILES string of the molecule is O=C(CN1CCC(C2CC2)C1)Nc1cc(F)ccc1F. The molecule has 1 unspecified atom stereocenters. The minimum absolute atomic E-state index is 0.0899. The molecule has 2 aliphatic rings. The third-order valence-electron chi connectivity index (χ3n) is 4.17. The number of carbonyl (C=O) groups is 1. The van der Waals surface area contributed by atoms with E-state index in [1.807, 2.05) is 0 Å². The van der Waals surface area contributed by atoms with Gasteiger partial charge in [0.05, 0.1) is 12.2 Å². The highest BCUT2D eigenvalue weighted by Crippen LogP contribution is 2.41. The van der Waals surface area contributed by atoms with E-state index in [1.165, 1.54) is 12.8 Å². The van der Waals surface area contributed by atoms with Crippen LogP contribution >= 0.6 is 0 Å². The van der Waals surface area contributed by atoms with Crippen molar-refractivity contribution >= 4 is 11.6 Å². The molecular weight excluding hydrogens is 262 g/mol. The molecule has 3 nitrogen and oxygen atoms in total. The quantitative estimate of drug-likeness (QED) is 0.919. The number of hydrogen-bond donors (Lipinski definition) is 1. The van der Waals surface area contributed by atoms with E-state index in [4.69, 9.17) is 0 Å². The van der Waals surface area contributed by atoms with Gasteiger partial charge in [0, 0.05) is 12.6 Å². The van der Waals surface area contributed by atoms with Crippen LogP contribution in [-0.4, -0.2) is 30.4 Å². The molecule has 0 spiro atoms. The maximum atomic E-state index is 13.4. The summed E-state index contributed by atoms with van der Waals surface area (Å²) in [4.78, 5) is 14.0. The maximum absolute atomic E-state index is 13.4. The first-order chi connectivity index (χ1) is 9.61. The second kappa shape index (κ2) is 5.48. The van der Waals surface area contributed by atoms with E-state index in [9.17, 15) is 13.6 Å². The van der Waals surface area contributed by atoms with Crippen LogP contribution in [0.4, 0.5) is 14.5 Å². The number of likely N-dealkylation sites (tertiary alicyclic amines) is 1. The summed E-state index contributed by atoms with van der Waals surface area (Å²) in [6.45, 7) is 2.11. The van der Waals surface area contributed by atoms with Gasteiger partial charge in [0.1, 0.15) is 11.6 Å². The van der Waals surface area contributed by atoms with Gasteiger partial charge in [-0.3, -0.25) is 9.69 Å². The van der Waals surface area contributed by atoms with Crippen LogP contribution < -0.4 is 5.32 Å². The van der Waals surface area contributed by atoms with Crippen LogP contribution in [0.15, 0.2) is 18.2 Å². The number of nitrogens with one attached hydrogen (secondary N) is 1. The summed E-state index contributed by atoms with van der Waals surface area (Å²) in [6.07, 6.45) is 3.78. The van der Waals surface area contributed by atoms with E-state index in [1.54, 1.807) is 0 Å². The fourth-order valence-electron chi connectivity index (χ4n) is 2.94. The van der Waals surface area contributed by atoms with Crippen molar-refractivity contribution < 1.29 is 13.6 Å². The summed E-state index contributed by atoms with van der Waals surface area (Å²) in [6, 6.07) is 3.06. The molecule has 1 atom stereocenters. The molecule has 1 aromatic carbocycles. The summed E-state index contributed by atoms with van der Waals surface area (Å²) in [7, 11) is 0. The van der Waals surface area contributed by atoms with Gasteiger partial charge in [0.15, 0.2) is 0 Å². The molecule has 0 radical (unpaired) electrons. The lowest BCUT2D eigenvalue weighted by molar-refractivity contribution is -0.117. The lowest BCUT2D eigenvalue weighted by Gasteiger charge is -2.15. The Balaban J connectivity index is 1.53. The molecule has 3 rings (SSSR count). The summed E-state index contributed by atoms with van der Waals surface area (Å²) < 4.78 is 26.4. The number of anilines is 1. The number of hydrogen-bond acceptors (Lipinski definition) is 2. The van der Waals surface area contributed by atoms with Gasteiger partial charge in [-0.2, -0.15) is 0 Å². The largest absolute Gasteiger partial charge is 0.322 e. The van der Waals surface area contributed by atoms with Crippen molar-refractivity contribution in [3.8, 4) is 0 Å². The molecule has 1 amide bonds. The van der Waals surface area contributed by atoms with E-state index >= 15 is 0 Å². The molecule has 5 heteroatoms. The Bertz CT molecular complexity index is 517. The average molecular weight is 280 g/mol. The molecule has 1 saturated heterocycles. The predicted octanol–water partition coefficient (Wildman–Crippen LogP) is 2.64. The Hall–Kier alpha value is -1.49. The number of halogens is 2. The van der Waals surface area contributed by atoms with Crippen molar-refractivity contribution in [1.29, 1.82) is 0 Å². The zero-order valence-corrected chi connectivity index (χ0v) is 11.2. The van der Waals surface area contributed by atoms with Crippen molar-refractivity contribution in [2.24, 2.45) is 11.8 Å². The van der Waals surface area contributed by atoms with Crippen molar-refractivity contribution in [3.05, 3.63) is 29.8 Å². The first kappa shape index (κ1) is 13.5. The number of benzene rings is 1. The Labute approximate surface area is 117 Å². The fraction of sp³-hybridized carbons (Fsp3) is 0.533. The van der Waals surface area contributed by atoms with E-state index in [2.05, 4.69) is 10.2 Å². The van der Waals surface area contributed by atoms with Crippen molar-refractivity contribution in [1.82, 2.24) is 4.90 Å². The van der Waals surface area contributed by atoms with Gasteiger partial charge in [-0.25, -0.2) is 8.78 Å². The van der Waals surface area contributed by atoms with Gasteiger partial charge >= 0.3 is 0 Å². The summed E-state index contributed by atoms with van der Waals surface area (Å²) in [5, 5.41) is 2.44. The van der Waals surface area contributed by atoms with E-state index in [-0.39, 0.29) is 18.1 Å². The van der Waals surface area contributed by atoms with Gasteiger partial charge in [-0.1, -0.05) is 0 Å². The summed E-state index contributed by atoms with van der Waals surface area (Å²) in [5.74, 6) is 0.108. The maximum Gasteiger partial charge on any atom is 0.238 e. The van der Waals surface area contributed by atoms with Gasteiger partial charge < -0.3 is 5.32 Å². The van der Waals surface area contributed by atoms with Crippen molar-refractivity contribution in [2.45, 2.75) is 19.3 Å². The van der Waals surface area contributed by atoms with E-state index in [0.29, 0.717) is 5.92 Å². The van der Waals surface area contributed by atoms with Gasteiger partial charge in [0.2, 0.25) is 5.91 Å². The molecule has 20 heavy (non-hydrogen) atoms. The third kappa shape index (κ3) is 3.15. The highest BCUT2D eigenvalue weighted by atomic mass is 19.1. The molecule has 1 saturated carbocycles. The third-order valence-corrected chi connectivity index (χ3v) is 4.17. The van der Waals surface area contributed by atoms with Crippen LogP contribution in [0.1, 0.15) is 19.3 Å². The minimum atomic E-state index is -0.614. The van der Waals surface area contributed by atoms with E-state index in [0.717, 1.165) is 43.6 Å². The van der Waals surface area contributed by atoms with Crippen LogP contribution in [0.3, 0.4) is 0 Å². The normalized spacial score (nSPS) is 23.0. The second-order valence-corrected chi connectivity index (χ2v) is 5.79. The zero-order chi connectivity index (χ0) is 14.1. The van der Waals surface area contributed by atoms with Gasteiger partial charge in [0.25, 0.3) is 0 Å². The number of amides is 1. The zero-order valence-electron chi connectivity index (χ0n) is 11.2. The summed E-state index contributed by atoms with van der Waals surface area (Å²) in [5.41, 5.74) is -0.0899. The Kier molecular flexibility index (Phi) is 3.70. The first-order valence-electron chi connectivity index (χ1n) is 7.09. The van der Waals surface area contributed by atoms with Crippen LogP contribution in [0.25, 0.3) is 0 Å². The van der Waals surface area contributed by atoms with E-state index < -0.39 is 11.6 Å². The molecule has 1 N–H and O–H groups in total. The fourth-order valence-corrected chi connectivity index (χ4v) is 2.94. The standard InChI is InChI=1S/C15H18F2N2O/c16-12-3-4-13(17)14(7-12)18-15(20)9-19-6-5-11(8-19)10-1-2-10/h3-4,7,10-11H,1-2,5-6,8-9H2,(H,18,20). The average Bonchev–Trinajstić information content (AvgIpc) is 3.15. The van der Waals surface area contributed by atoms with Crippen LogP contribution in [0.5, 0.6) is 0 Å². The molecular formula is C15H18F2N2O. The molecule has 1 aromatic rings. The van der Waals surface area contributed by atoms with Gasteiger partial charge in [-0.15, -0.1) is 0 Å². The monoisotopic (exact) mass is 280 g/mol. The van der Waals surface area contributed by atoms with Crippen LogP contribution in [0, 0.1) is 23.5 Å². The lowest BCUT2D eigenvalue weighted by atomic mass is 10.0. The van der Waals surface area contributed by atoms with Crippen molar-refractivity contribution in [2.75, 3.05) is 25.0 Å². The highest BCUT2D eigenvalue weighted by Gasteiger charge is 2.36. The van der Waals surface area contributed by atoms with Crippen LogP contribution in [-0.2, 0) is 4.79 Å². The summed E-state index contributed by atoms with van der Waals surface area (Å²) >= 11 is 0. The van der Waals surface area contributed by atoms with Crippen molar-refractivity contribution in [3.63, 3.8) is 0 Å².